The van der Waals surface area contributed by atoms with Crippen molar-refractivity contribution in [2.45, 2.75) is 17.1 Å². The number of aryl methyl sites for hydroxylation is 1. The molecule has 1 N–H and O–H groups in total. The summed E-state index contributed by atoms with van der Waals surface area (Å²) in [7, 11) is 0. The topological polar surface area (TPSA) is 54.5 Å². The van der Waals surface area contributed by atoms with Crippen molar-refractivity contribution in [2.75, 3.05) is 0 Å². The minimum absolute atomic E-state index is 0.625. The Morgan fingerprint density at radius 3 is 2.86 bits per heavy atom. The van der Waals surface area contributed by atoms with E-state index < -0.39 is 0 Å². The van der Waals surface area contributed by atoms with Gasteiger partial charge in [0.05, 0.1) is 5.02 Å². The fourth-order valence-electron chi connectivity index (χ4n) is 0.884. The monoisotopic (exact) mass is 226 g/mol. The Kier molecular flexibility index (Phi) is 2.69. The summed E-state index contributed by atoms with van der Waals surface area (Å²) >= 11 is 7.10. The maximum absolute atomic E-state index is 5.71. The zero-order valence-electron chi connectivity index (χ0n) is 7.36. The van der Waals surface area contributed by atoms with E-state index in [0.717, 1.165) is 10.9 Å². The Morgan fingerprint density at radius 1 is 1.43 bits per heavy atom. The number of aromatic nitrogens is 4. The van der Waals surface area contributed by atoms with E-state index in [-0.39, 0.29) is 0 Å². The molecule has 2 aromatic rings. The van der Waals surface area contributed by atoms with Gasteiger partial charge in [0.25, 0.3) is 0 Å². The largest absolute Gasteiger partial charge is 0.262 e. The predicted octanol–water partition coefficient (Wildman–Crippen LogP) is 2.31. The summed E-state index contributed by atoms with van der Waals surface area (Å²) in [5.74, 6) is 0.793. The van der Waals surface area contributed by atoms with Crippen molar-refractivity contribution in [1.82, 2.24) is 20.2 Å². The minimum atomic E-state index is 0.625. The van der Waals surface area contributed by atoms with Crippen molar-refractivity contribution < 1.29 is 0 Å². The molecule has 0 saturated heterocycles. The number of hydrogen-bond acceptors (Lipinski definition) is 4. The zero-order chi connectivity index (χ0) is 9.97. The van der Waals surface area contributed by atoms with Crippen LogP contribution in [0.25, 0.3) is 0 Å². The van der Waals surface area contributed by atoms with Crippen LogP contribution in [0.2, 0.25) is 5.02 Å². The van der Waals surface area contributed by atoms with Crippen LogP contribution in [0.1, 0.15) is 5.82 Å². The fraction of sp³-hybridized carbons (Fsp3) is 0.125. The third-order valence-electron chi connectivity index (χ3n) is 1.47. The summed E-state index contributed by atoms with van der Waals surface area (Å²) in [5, 5.41) is 8.87. The molecule has 0 radical (unpaired) electrons. The molecule has 4 nitrogen and oxygen atoms in total. The highest BCUT2D eigenvalue weighted by atomic mass is 35.5. The second-order valence-corrected chi connectivity index (χ2v) is 4.04. The molecule has 0 atom stereocenters. The van der Waals surface area contributed by atoms with Crippen LogP contribution in [0.3, 0.4) is 0 Å². The van der Waals surface area contributed by atoms with Crippen LogP contribution in [0.5, 0.6) is 0 Å². The SMILES string of the molecule is Cc1nc(Sc2ccc(Cl)cn2)n[nH]1. The second kappa shape index (κ2) is 3.98. The smallest absolute Gasteiger partial charge is 0.214 e. The minimum Gasteiger partial charge on any atom is -0.262 e. The van der Waals surface area contributed by atoms with Gasteiger partial charge in [0.15, 0.2) is 0 Å². The summed E-state index contributed by atoms with van der Waals surface area (Å²) in [6, 6.07) is 3.62. The first-order chi connectivity index (χ1) is 6.74. The van der Waals surface area contributed by atoms with Crippen LogP contribution >= 0.6 is 23.4 Å². The van der Waals surface area contributed by atoms with E-state index in [1.807, 2.05) is 13.0 Å². The Morgan fingerprint density at radius 2 is 2.29 bits per heavy atom. The van der Waals surface area contributed by atoms with E-state index in [1.54, 1.807) is 12.3 Å². The molecule has 0 aliphatic carbocycles. The highest BCUT2D eigenvalue weighted by Crippen LogP contribution is 2.22. The Labute approximate surface area is 90.1 Å². The lowest BCUT2D eigenvalue weighted by Crippen LogP contribution is -1.80. The molecule has 14 heavy (non-hydrogen) atoms. The molecule has 72 valence electrons. The quantitative estimate of drug-likeness (QED) is 0.854. The molecule has 0 amide bonds. The van der Waals surface area contributed by atoms with Crippen molar-refractivity contribution in [3.63, 3.8) is 0 Å². The van der Waals surface area contributed by atoms with Crippen LogP contribution in [0, 0.1) is 6.92 Å². The summed E-state index contributed by atoms with van der Waals surface area (Å²) in [4.78, 5) is 8.27. The lowest BCUT2D eigenvalue weighted by molar-refractivity contribution is 0.964. The van der Waals surface area contributed by atoms with Gasteiger partial charge >= 0.3 is 0 Å². The van der Waals surface area contributed by atoms with Crippen molar-refractivity contribution >= 4 is 23.4 Å². The van der Waals surface area contributed by atoms with Gasteiger partial charge in [0.1, 0.15) is 10.9 Å². The fourth-order valence-corrected chi connectivity index (χ4v) is 1.70. The molecule has 0 aliphatic rings. The van der Waals surface area contributed by atoms with E-state index in [4.69, 9.17) is 11.6 Å². The van der Waals surface area contributed by atoms with Gasteiger partial charge in [-0.25, -0.2) is 9.97 Å². The van der Waals surface area contributed by atoms with Crippen molar-refractivity contribution in [3.05, 3.63) is 29.2 Å². The number of rotatable bonds is 2. The maximum Gasteiger partial charge on any atom is 0.214 e. The van der Waals surface area contributed by atoms with Crippen molar-refractivity contribution in [3.8, 4) is 0 Å². The Hall–Kier alpha value is -1.07. The van der Waals surface area contributed by atoms with Gasteiger partial charge in [0, 0.05) is 6.20 Å². The van der Waals surface area contributed by atoms with Gasteiger partial charge in [-0.2, -0.15) is 0 Å². The lowest BCUT2D eigenvalue weighted by atomic mass is 10.5. The van der Waals surface area contributed by atoms with Crippen LogP contribution < -0.4 is 0 Å². The van der Waals surface area contributed by atoms with Crippen LogP contribution in [-0.4, -0.2) is 20.2 Å². The number of halogens is 1. The molecule has 2 heterocycles. The second-order valence-electron chi connectivity index (χ2n) is 2.62. The third kappa shape index (κ3) is 2.24. The average Bonchev–Trinajstić information content (AvgIpc) is 2.56. The van der Waals surface area contributed by atoms with Gasteiger partial charge in [-0.05, 0) is 30.8 Å². The lowest BCUT2D eigenvalue weighted by Gasteiger charge is -1.94. The van der Waals surface area contributed by atoms with Crippen LogP contribution in [-0.2, 0) is 0 Å². The van der Waals surface area contributed by atoms with Crippen molar-refractivity contribution in [2.24, 2.45) is 0 Å². The van der Waals surface area contributed by atoms with E-state index in [2.05, 4.69) is 20.2 Å². The molecule has 0 unspecified atom stereocenters. The molecule has 0 aromatic carbocycles. The molecule has 0 aliphatic heterocycles. The summed E-state index contributed by atoms with van der Waals surface area (Å²) in [6.45, 7) is 1.85. The number of nitrogens with one attached hydrogen (secondary N) is 1. The molecular formula is C8H7ClN4S. The van der Waals surface area contributed by atoms with E-state index in [0.29, 0.717) is 10.2 Å². The predicted molar refractivity (Wildman–Crippen MR) is 54.5 cm³/mol. The van der Waals surface area contributed by atoms with E-state index >= 15 is 0 Å². The molecule has 0 saturated carbocycles. The summed E-state index contributed by atoms with van der Waals surface area (Å²) in [5.41, 5.74) is 0. The van der Waals surface area contributed by atoms with Crippen molar-refractivity contribution in [1.29, 1.82) is 0 Å². The normalized spacial score (nSPS) is 10.4. The standard InChI is InChI=1S/C8H7ClN4S/c1-5-11-8(13-12-5)14-7-3-2-6(9)4-10-7/h2-4H,1H3,(H,11,12,13). The van der Waals surface area contributed by atoms with Crippen LogP contribution in [0.15, 0.2) is 28.5 Å². The first-order valence-electron chi connectivity index (χ1n) is 3.92. The van der Waals surface area contributed by atoms with Gasteiger partial charge < -0.3 is 0 Å². The summed E-state index contributed by atoms with van der Waals surface area (Å²) in [6.07, 6.45) is 1.60. The number of H-pyrrole nitrogens is 1. The molecular weight excluding hydrogens is 220 g/mol. The zero-order valence-corrected chi connectivity index (χ0v) is 8.93. The average molecular weight is 227 g/mol. The van der Waals surface area contributed by atoms with Gasteiger partial charge in [-0.3, -0.25) is 5.10 Å². The highest BCUT2D eigenvalue weighted by molar-refractivity contribution is 7.99. The number of aromatic amines is 1. The van der Waals surface area contributed by atoms with Crippen LogP contribution in [0.4, 0.5) is 0 Å². The highest BCUT2D eigenvalue weighted by Gasteiger charge is 2.03. The maximum atomic E-state index is 5.71. The Bertz CT molecular complexity index is 425. The van der Waals surface area contributed by atoms with Gasteiger partial charge in [-0.1, -0.05) is 11.6 Å². The third-order valence-corrected chi connectivity index (χ3v) is 2.51. The number of hydrogen-bond donors (Lipinski definition) is 1. The molecule has 2 aromatic heterocycles. The first kappa shape index (κ1) is 9.48. The molecule has 0 bridgehead atoms. The molecule has 0 fully saturated rings. The van der Waals surface area contributed by atoms with E-state index in [9.17, 15) is 0 Å². The number of pyridine rings is 1. The Balaban J connectivity index is 2.15. The first-order valence-corrected chi connectivity index (χ1v) is 5.12. The molecule has 0 spiro atoms. The molecule has 2 rings (SSSR count). The number of nitrogens with zero attached hydrogens (tertiary/aromatic N) is 3. The van der Waals surface area contributed by atoms with Gasteiger partial charge in [-0.15, -0.1) is 5.10 Å². The summed E-state index contributed by atoms with van der Waals surface area (Å²) < 4.78 is 0. The molecule has 6 heteroatoms. The van der Waals surface area contributed by atoms with Gasteiger partial charge in [0.2, 0.25) is 5.16 Å². The van der Waals surface area contributed by atoms with E-state index in [1.165, 1.54) is 11.8 Å².